The van der Waals surface area contributed by atoms with Crippen LogP contribution in [0, 0.1) is 0 Å². The first-order chi connectivity index (χ1) is 9.75. The van der Waals surface area contributed by atoms with E-state index in [4.69, 9.17) is 0 Å². The molecule has 1 aliphatic heterocycles. The molecular weight excluding hydrogens is 252 g/mol. The number of nitrogens with one attached hydrogen (secondary N) is 1. The number of carbonyl (C=O) groups excluding carboxylic acids is 2. The summed E-state index contributed by atoms with van der Waals surface area (Å²) in [7, 11) is 0. The number of para-hydroxylation sites is 1. The predicted octanol–water partition coefficient (Wildman–Crippen LogP) is 2.68. The molecule has 0 unspecified atom stereocenters. The van der Waals surface area contributed by atoms with Gasteiger partial charge in [-0.15, -0.1) is 0 Å². The van der Waals surface area contributed by atoms with Gasteiger partial charge in [0.1, 0.15) is 0 Å². The fraction of sp³-hybridized carbons (Fsp3) is 0.250. The van der Waals surface area contributed by atoms with Crippen molar-refractivity contribution in [3.63, 3.8) is 0 Å². The van der Waals surface area contributed by atoms with Crippen LogP contribution in [0.3, 0.4) is 0 Å². The van der Waals surface area contributed by atoms with E-state index >= 15 is 0 Å². The number of fused-ring (bicyclic) bond motifs is 1. The zero-order valence-corrected chi connectivity index (χ0v) is 11.1. The van der Waals surface area contributed by atoms with E-state index in [9.17, 15) is 9.59 Å². The van der Waals surface area contributed by atoms with Crippen LogP contribution in [-0.4, -0.2) is 29.6 Å². The number of carbonyl (C=O) groups is 2. The van der Waals surface area contributed by atoms with Gasteiger partial charge >= 0.3 is 0 Å². The average molecular weight is 268 g/mol. The van der Waals surface area contributed by atoms with Crippen LogP contribution in [0.2, 0.25) is 0 Å². The lowest BCUT2D eigenvalue weighted by Gasteiger charge is -2.30. The van der Waals surface area contributed by atoms with E-state index in [-0.39, 0.29) is 11.6 Å². The summed E-state index contributed by atoms with van der Waals surface area (Å²) < 4.78 is 0. The summed E-state index contributed by atoms with van der Waals surface area (Å²) in [4.78, 5) is 28.9. The topological polar surface area (TPSA) is 53.2 Å². The van der Waals surface area contributed by atoms with Crippen molar-refractivity contribution in [2.24, 2.45) is 0 Å². The number of aromatic nitrogens is 1. The van der Waals surface area contributed by atoms with Crippen LogP contribution in [-0.2, 0) is 0 Å². The number of hydrogen-bond acceptors (Lipinski definition) is 3. The molecule has 0 radical (unpaired) electrons. The Morgan fingerprint density at radius 1 is 1.20 bits per heavy atom. The van der Waals surface area contributed by atoms with Crippen molar-refractivity contribution in [2.75, 3.05) is 18.0 Å². The molecule has 0 saturated carbocycles. The number of ketones is 2. The first-order valence-electron chi connectivity index (χ1n) is 6.79. The summed E-state index contributed by atoms with van der Waals surface area (Å²) >= 11 is 0. The second-order valence-electron chi connectivity index (χ2n) is 4.93. The molecule has 0 saturated heterocycles. The summed E-state index contributed by atoms with van der Waals surface area (Å²) in [6.07, 6.45) is 2.72. The van der Waals surface area contributed by atoms with Gasteiger partial charge in [-0.05, 0) is 24.3 Å². The Kier molecular flexibility index (Phi) is 3.37. The predicted molar refractivity (Wildman–Crippen MR) is 77.3 cm³/mol. The van der Waals surface area contributed by atoms with Gasteiger partial charge < -0.3 is 9.88 Å². The van der Waals surface area contributed by atoms with Crippen molar-refractivity contribution < 1.29 is 9.59 Å². The molecule has 3 rings (SSSR count). The number of nitrogens with zero attached hydrogens (tertiary/aromatic N) is 1. The lowest BCUT2D eigenvalue weighted by atomic mass is 10.00. The molecule has 1 aromatic heterocycles. The van der Waals surface area contributed by atoms with E-state index in [2.05, 4.69) is 9.88 Å². The number of hydrogen-bond donors (Lipinski definition) is 1. The van der Waals surface area contributed by atoms with Crippen LogP contribution in [0.5, 0.6) is 0 Å². The molecule has 0 spiro atoms. The normalized spacial score (nSPS) is 14.2. The van der Waals surface area contributed by atoms with E-state index in [0.717, 1.165) is 11.3 Å². The van der Waals surface area contributed by atoms with Crippen molar-refractivity contribution in [3.8, 4) is 0 Å². The second kappa shape index (κ2) is 5.33. The van der Waals surface area contributed by atoms with E-state index in [1.165, 1.54) is 0 Å². The molecule has 0 bridgehead atoms. The lowest BCUT2D eigenvalue weighted by molar-refractivity contribution is 0.0979. The Hall–Kier alpha value is -2.36. The van der Waals surface area contributed by atoms with Crippen LogP contribution in [0.25, 0.3) is 0 Å². The van der Waals surface area contributed by atoms with Gasteiger partial charge in [-0.3, -0.25) is 9.59 Å². The van der Waals surface area contributed by atoms with Crippen LogP contribution < -0.4 is 4.90 Å². The highest BCUT2D eigenvalue weighted by molar-refractivity contribution is 6.03. The van der Waals surface area contributed by atoms with Gasteiger partial charge in [0.15, 0.2) is 11.6 Å². The number of rotatable bonds is 4. The van der Waals surface area contributed by atoms with Crippen LogP contribution in [0.1, 0.15) is 33.7 Å². The molecule has 1 aromatic carbocycles. The molecule has 0 aliphatic carbocycles. The number of Topliss-reactive ketones (excluding diaryl/α,β-unsaturated/α-hetero) is 2. The molecule has 1 aliphatic rings. The van der Waals surface area contributed by atoms with E-state index in [1.807, 2.05) is 30.3 Å². The zero-order valence-electron chi connectivity index (χ0n) is 11.1. The van der Waals surface area contributed by atoms with Gasteiger partial charge in [0.05, 0.1) is 5.69 Å². The van der Waals surface area contributed by atoms with Crippen molar-refractivity contribution in [1.29, 1.82) is 0 Å². The highest BCUT2D eigenvalue weighted by Crippen LogP contribution is 2.26. The summed E-state index contributed by atoms with van der Waals surface area (Å²) in [5.41, 5.74) is 2.36. The SMILES string of the molecule is O=C(CCN1CCC(=O)c2ccccc21)c1ccc[nH]1. The maximum absolute atomic E-state index is 12.0. The Labute approximate surface area is 117 Å². The molecule has 4 heteroatoms. The Morgan fingerprint density at radius 3 is 2.85 bits per heavy atom. The fourth-order valence-electron chi connectivity index (χ4n) is 2.58. The van der Waals surface area contributed by atoms with Gasteiger partial charge in [-0.2, -0.15) is 0 Å². The molecule has 2 aromatic rings. The Morgan fingerprint density at radius 2 is 2.05 bits per heavy atom. The van der Waals surface area contributed by atoms with Gasteiger partial charge in [-0.1, -0.05) is 12.1 Å². The highest BCUT2D eigenvalue weighted by atomic mass is 16.1. The van der Waals surface area contributed by atoms with Gasteiger partial charge in [0, 0.05) is 43.4 Å². The minimum Gasteiger partial charge on any atom is -0.370 e. The molecule has 102 valence electrons. The number of H-pyrrole nitrogens is 1. The van der Waals surface area contributed by atoms with Crippen molar-refractivity contribution >= 4 is 17.3 Å². The molecule has 0 atom stereocenters. The minimum atomic E-state index is 0.101. The van der Waals surface area contributed by atoms with Gasteiger partial charge in [0.25, 0.3) is 0 Å². The molecule has 20 heavy (non-hydrogen) atoms. The molecule has 2 heterocycles. The third-order valence-corrected chi connectivity index (χ3v) is 3.66. The Balaban J connectivity index is 1.71. The largest absolute Gasteiger partial charge is 0.370 e. The average Bonchev–Trinajstić information content (AvgIpc) is 3.01. The van der Waals surface area contributed by atoms with Crippen LogP contribution >= 0.6 is 0 Å². The zero-order chi connectivity index (χ0) is 13.9. The number of aromatic amines is 1. The van der Waals surface area contributed by atoms with Crippen molar-refractivity contribution in [3.05, 3.63) is 53.9 Å². The molecule has 1 N–H and O–H groups in total. The highest BCUT2D eigenvalue weighted by Gasteiger charge is 2.22. The van der Waals surface area contributed by atoms with Crippen LogP contribution in [0.4, 0.5) is 5.69 Å². The van der Waals surface area contributed by atoms with E-state index in [1.54, 1.807) is 12.3 Å². The van der Waals surface area contributed by atoms with E-state index < -0.39 is 0 Å². The standard InChI is InChI=1S/C16H16N2O2/c19-15-7-10-18(14-6-2-1-4-12(14)15)11-8-16(20)13-5-3-9-17-13/h1-6,9,17H,7-8,10-11H2. The third kappa shape index (κ3) is 2.37. The van der Waals surface area contributed by atoms with Gasteiger partial charge in [-0.25, -0.2) is 0 Å². The molecule has 0 fully saturated rings. The number of benzene rings is 1. The quantitative estimate of drug-likeness (QED) is 0.867. The second-order valence-corrected chi connectivity index (χ2v) is 4.93. The summed E-state index contributed by atoms with van der Waals surface area (Å²) in [5.74, 6) is 0.289. The maximum atomic E-state index is 12.0. The number of anilines is 1. The summed E-state index contributed by atoms with van der Waals surface area (Å²) in [6.45, 7) is 1.33. The van der Waals surface area contributed by atoms with Crippen LogP contribution in [0.15, 0.2) is 42.6 Å². The minimum absolute atomic E-state index is 0.101. The summed E-state index contributed by atoms with van der Waals surface area (Å²) in [6, 6.07) is 11.2. The van der Waals surface area contributed by atoms with Crippen molar-refractivity contribution in [2.45, 2.75) is 12.8 Å². The molecule has 0 amide bonds. The Bertz CT molecular complexity index is 632. The molecule has 4 nitrogen and oxygen atoms in total. The summed E-state index contributed by atoms with van der Waals surface area (Å²) in [5, 5.41) is 0. The van der Waals surface area contributed by atoms with Gasteiger partial charge in [0.2, 0.25) is 0 Å². The lowest BCUT2D eigenvalue weighted by Crippen LogP contribution is -2.33. The van der Waals surface area contributed by atoms with Crippen molar-refractivity contribution in [1.82, 2.24) is 4.98 Å². The third-order valence-electron chi connectivity index (χ3n) is 3.66. The van der Waals surface area contributed by atoms with E-state index in [0.29, 0.717) is 31.6 Å². The monoisotopic (exact) mass is 268 g/mol. The maximum Gasteiger partial charge on any atom is 0.180 e. The fourth-order valence-corrected chi connectivity index (χ4v) is 2.58. The molecular formula is C16H16N2O2. The first kappa shape index (κ1) is 12.7. The first-order valence-corrected chi connectivity index (χ1v) is 6.79. The smallest absolute Gasteiger partial charge is 0.180 e.